The van der Waals surface area contributed by atoms with Crippen LogP contribution in [0.5, 0.6) is 0 Å². The molecule has 0 radical (unpaired) electrons. The van der Waals surface area contributed by atoms with Gasteiger partial charge in [0.1, 0.15) is 0 Å². The second-order valence-electron chi connectivity index (χ2n) is 5.87. The minimum absolute atomic E-state index is 0.580. The molecule has 1 aliphatic rings. The third-order valence-electron chi connectivity index (χ3n) is 3.97. The summed E-state index contributed by atoms with van der Waals surface area (Å²) in [5, 5.41) is 3.71. The minimum Gasteiger partial charge on any atom is -0.386 e. The first-order valence-electron chi connectivity index (χ1n) is 8.15. The van der Waals surface area contributed by atoms with Crippen LogP contribution in [0.15, 0.2) is 46.6 Å². The highest BCUT2D eigenvalue weighted by atomic mass is 32.2. The molecular weight excluding hydrogens is 274 g/mol. The molecule has 118 valence electrons. The first-order valence-corrected chi connectivity index (χ1v) is 9.38. The van der Waals surface area contributed by atoms with Crippen LogP contribution in [0.4, 0.5) is 0 Å². The zero-order chi connectivity index (χ0) is 15.7. The van der Waals surface area contributed by atoms with Gasteiger partial charge in [-0.25, -0.2) is 0 Å². The molecule has 1 unspecified atom stereocenters. The zero-order valence-corrected chi connectivity index (χ0v) is 15.0. The quantitative estimate of drug-likeness (QED) is 0.554. The van der Waals surface area contributed by atoms with E-state index in [0.717, 1.165) is 12.8 Å². The van der Waals surface area contributed by atoms with Crippen LogP contribution in [0.3, 0.4) is 0 Å². The monoisotopic (exact) mass is 305 g/mol. The van der Waals surface area contributed by atoms with Gasteiger partial charge in [0.2, 0.25) is 0 Å². The molecule has 0 aromatic rings. The Bertz CT molecular complexity index is 429. The third-order valence-corrected chi connectivity index (χ3v) is 4.72. The predicted molar refractivity (Wildman–Crippen MR) is 98.6 cm³/mol. The lowest BCUT2D eigenvalue weighted by Crippen LogP contribution is -2.25. The van der Waals surface area contributed by atoms with Crippen molar-refractivity contribution in [3.63, 3.8) is 0 Å². The fourth-order valence-corrected chi connectivity index (χ4v) is 3.09. The van der Waals surface area contributed by atoms with E-state index in [0.29, 0.717) is 6.04 Å². The summed E-state index contributed by atoms with van der Waals surface area (Å²) in [6, 6.07) is 0.580. The van der Waals surface area contributed by atoms with Gasteiger partial charge >= 0.3 is 0 Å². The lowest BCUT2D eigenvalue weighted by molar-refractivity contribution is 0.527. The maximum atomic E-state index is 3.89. The second-order valence-corrected chi connectivity index (χ2v) is 6.75. The summed E-state index contributed by atoms with van der Waals surface area (Å²) in [7, 11) is 0. The van der Waals surface area contributed by atoms with Gasteiger partial charge in [-0.3, -0.25) is 0 Å². The number of allylic oxidation sites excluding steroid dienone is 6. The average Bonchev–Trinajstić information content (AvgIpc) is 2.64. The molecule has 0 bridgehead atoms. The van der Waals surface area contributed by atoms with Crippen molar-refractivity contribution in [3.05, 3.63) is 46.6 Å². The van der Waals surface area contributed by atoms with E-state index in [-0.39, 0.29) is 0 Å². The number of thioether (sulfide) groups is 1. The Hall–Kier alpha value is -0.890. The maximum Gasteiger partial charge on any atom is 0.0230 e. The Labute approximate surface area is 135 Å². The number of hydrogen-bond donors (Lipinski definition) is 1. The summed E-state index contributed by atoms with van der Waals surface area (Å²) < 4.78 is 0. The Morgan fingerprint density at radius 3 is 2.86 bits per heavy atom. The zero-order valence-electron chi connectivity index (χ0n) is 14.2. The molecule has 1 nitrogen and oxygen atoms in total. The van der Waals surface area contributed by atoms with Crippen molar-refractivity contribution in [1.29, 1.82) is 0 Å². The molecule has 0 amide bonds. The third kappa shape index (κ3) is 6.60. The van der Waals surface area contributed by atoms with E-state index in [1.807, 2.05) is 6.08 Å². The van der Waals surface area contributed by atoms with Crippen molar-refractivity contribution < 1.29 is 0 Å². The van der Waals surface area contributed by atoms with Gasteiger partial charge < -0.3 is 5.32 Å². The molecule has 0 aliphatic heterocycles. The first kappa shape index (κ1) is 18.2. The van der Waals surface area contributed by atoms with Gasteiger partial charge in [0, 0.05) is 16.6 Å². The van der Waals surface area contributed by atoms with Crippen molar-refractivity contribution in [2.24, 2.45) is 0 Å². The highest BCUT2D eigenvalue weighted by molar-refractivity contribution is 8.02. The van der Waals surface area contributed by atoms with E-state index < -0.39 is 0 Å². The SMILES string of the molecule is C=C/C(=C\C1=C(C)C=C(NC(C)CCCC)CCC1)SC. The summed E-state index contributed by atoms with van der Waals surface area (Å²) >= 11 is 1.77. The van der Waals surface area contributed by atoms with Crippen LogP contribution in [0.2, 0.25) is 0 Å². The summed E-state index contributed by atoms with van der Waals surface area (Å²) in [5.74, 6) is 0. The number of unbranched alkanes of at least 4 members (excludes halogenated alkanes) is 1. The molecule has 2 heteroatoms. The Balaban J connectivity index is 2.79. The van der Waals surface area contributed by atoms with E-state index in [1.165, 1.54) is 47.4 Å². The fraction of sp³-hybridized carbons (Fsp3) is 0.579. The molecule has 1 N–H and O–H groups in total. The van der Waals surface area contributed by atoms with Crippen LogP contribution in [0.25, 0.3) is 0 Å². The van der Waals surface area contributed by atoms with Gasteiger partial charge in [0.05, 0.1) is 0 Å². The minimum atomic E-state index is 0.580. The van der Waals surface area contributed by atoms with Crippen molar-refractivity contribution in [3.8, 4) is 0 Å². The molecule has 0 aromatic carbocycles. The lowest BCUT2D eigenvalue weighted by Gasteiger charge is -2.17. The number of hydrogen-bond acceptors (Lipinski definition) is 2. The van der Waals surface area contributed by atoms with Gasteiger partial charge in [-0.1, -0.05) is 32.4 Å². The molecular formula is C19H31NS. The molecule has 1 aliphatic carbocycles. The van der Waals surface area contributed by atoms with Crippen LogP contribution < -0.4 is 5.32 Å². The molecule has 1 rings (SSSR count). The van der Waals surface area contributed by atoms with E-state index in [1.54, 1.807) is 11.8 Å². The Morgan fingerprint density at radius 1 is 1.48 bits per heavy atom. The highest BCUT2D eigenvalue weighted by Gasteiger charge is 2.10. The van der Waals surface area contributed by atoms with Crippen LogP contribution in [0.1, 0.15) is 59.3 Å². The van der Waals surface area contributed by atoms with Gasteiger partial charge in [-0.15, -0.1) is 11.8 Å². The largest absolute Gasteiger partial charge is 0.386 e. The van der Waals surface area contributed by atoms with Crippen molar-refractivity contribution in [2.75, 3.05) is 6.26 Å². The summed E-state index contributed by atoms with van der Waals surface area (Å²) in [6.45, 7) is 10.7. The second kappa shape index (κ2) is 9.94. The van der Waals surface area contributed by atoms with E-state index >= 15 is 0 Å². The molecule has 0 spiro atoms. The van der Waals surface area contributed by atoms with Crippen molar-refractivity contribution in [2.45, 2.75) is 65.3 Å². The van der Waals surface area contributed by atoms with Crippen LogP contribution >= 0.6 is 11.8 Å². The predicted octanol–water partition coefficient (Wildman–Crippen LogP) is 5.97. The summed E-state index contributed by atoms with van der Waals surface area (Å²) in [6.07, 6.45) is 16.1. The molecule has 0 fully saturated rings. The standard InChI is InChI=1S/C19H31NS/c1-6-8-10-16(4)20-18-12-9-11-17(15(3)13-18)14-19(7-2)21-5/h7,13-14,16,20H,2,6,8-12H2,1,3-5H3/b19-14+. The summed E-state index contributed by atoms with van der Waals surface area (Å²) in [5.41, 5.74) is 4.26. The van der Waals surface area contributed by atoms with E-state index in [2.05, 4.69) is 51.1 Å². The van der Waals surface area contributed by atoms with Crippen molar-refractivity contribution >= 4 is 11.8 Å². The summed E-state index contributed by atoms with van der Waals surface area (Å²) in [4.78, 5) is 1.26. The topological polar surface area (TPSA) is 12.0 Å². The lowest BCUT2D eigenvalue weighted by atomic mass is 10.1. The highest BCUT2D eigenvalue weighted by Crippen LogP contribution is 2.26. The molecule has 0 saturated carbocycles. The van der Waals surface area contributed by atoms with E-state index in [4.69, 9.17) is 0 Å². The molecule has 0 saturated heterocycles. The molecule has 1 atom stereocenters. The average molecular weight is 306 g/mol. The van der Waals surface area contributed by atoms with Crippen LogP contribution in [-0.2, 0) is 0 Å². The molecule has 0 aromatic heterocycles. The molecule has 0 heterocycles. The van der Waals surface area contributed by atoms with Crippen LogP contribution in [-0.4, -0.2) is 12.3 Å². The van der Waals surface area contributed by atoms with Gasteiger partial charge in [-0.2, -0.15) is 0 Å². The number of nitrogens with one attached hydrogen (secondary N) is 1. The maximum absolute atomic E-state index is 3.89. The molecule has 21 heavy (non-hydrogen) atoms. The normalized spacial score (nSPS) is 18.1. The first-order chi connectivity index (χ1) is 10.1. The fourth-order valence-electron chi connectivity index (χ4n) is 2.66. The van der Waals surface area contributed by atoms with Crippen molar-refractivity contribution in [1.82, 2.24) is 5.32 Å². The smallest absolute Gasteiger partial charge is 0.0230 e. The van der Waals surface area contributed by atoms with Gasteiger partial charge in [-0.05, 0) is 69.1 Å². The number of rotatable bonds is 8. The van der Waals surface area contributed by atoms with Crippen LogP contribution in [0, 0.1) is 0 Å². The van der Waals surface area contributed by atoms with E-state index in [9.17, 15) is 0 Å². The Kier molecular flexibility index (Phi) is 8.60. The van der Waals surface area contributed by atoms with Gasteiger partial charge in [0.15, 0.2) is 0 Å². The van der Waals surface area contributed by atoms with Gasteiger partial charge in [0.25, 0.3) is 0 Å². The Morgan fingerprint density at radius 2 is 2.24 bits per heavy atom.